The standard InChI is InChI=1S/C18H25N5O/c1-4-21(2)17-8-9-23(13-17)18(24)14-6-5-7-15(10-14)20-16-11-19-22(3)12-16/h5-7,10-12,17,20H,4,8-9,13H2,1-3H3. The average Bonchev–Trinajstić information content (AvgIpc) is 3.23. The van der Waals surface area contributed by atoms with Gasteiger partial charge in [0.15, 0.2) is 0 Å². The zero-order valence-electron chi connectivity index (χ0n) is 14.6. The van der Waals surface area contributed by atoms with Gasteiger partial charge in [-0.15, -0.1) is 0 Å². The van der Waals surface area contributed by atoms with Gasteiger partial charge in [0, 0.05) is 43.6 Å². The summed E-state index contributed by atoms with van der Waals surface area (Å²) in [7, 11) is 4.00. The lowest BCUT2D eigenvalue weighted by atomic mass is 10.1. The van der Waals surface area contributed by atoms with Crippen molar-refractivity contribution >= 4 is 17.3 Å². The van der Waals surface area contributed by atoms with Crippen molar-refractivity contribution in [1.29, 1.82) is 0 Å². The molecule has 1 aromatic heterocycles. The predicted octanol–water partition coefficient (Wildman–Crippen LogP) is 2.33. The van der Waals surface area contributed by atoms with Crippen LogP contribution in [-0.2, 0) is 7.05 Å². The van der Waals surface area contributed by atoms with Crippen molar-refractivity contribution in [2.24, 2.45) is 7.05 Å². The molecule has 0 spiro atoms. The molecule has 6 heteroatoms. The van der Waals surface area contributed by atoms with Gasteiger partial charge in [0.25, 0.3) is 5.91 Å². The molecule has 1 unspecified atom stereocenters. The van der Waals surface area contributed by atoms with Crippen molar-refractivity contribution in [1.82, 2.24) is 19.6 Å². The lowest BCUT2D eigenvalue weighted by Crippen LogP contribution is -2.36. The number of likely N-dealkylation sites (N-methyl/N-ethyl adjacent to an activating group) is 1. The highest BCUT2D eigenvalue weighted by atomic mass is 16.2. The van der Waals surface area contributed by atoms with Gasteiger partial charge >= 0.3 is 0 Å². The Morgan fingerprint density at radius 2 is 2.25 bits per heavy atom. The molecule has 1 saturated heterocycles. The van der Waals surface area contributed by atoms with Crippen LogP contribution in [0.5, 0.6) is 0 Å². The van der Waals surface area contributed by atoms with Crippen LogP contribution in [0, 0.1) is 0 Å². The van der Waals surface area contributed by atoms with Crippen LogP contribution >= 0.6 is 0 Å². The van der Waals surface area contributed by atoms with E-state index in [0.717, 1.165) is 43.0 Å². The Labute approximate surface area is 143 Å². The summed E-state index contributed by atoms with van der Waals surface area (Å²) < 4.78 is 1.74. The van der Waals surface area contributed by atoms with Gasteiger partial charge in [-0.25, -0.2) is 0 Å². The second kappa shape index (κ2) is 7.05. The largest absolute Gasteiger partial charge is 0.353 e. The first-order valence-corrected chi connectivity index (χ1v) is 8.42. The van der Waals surface area contributed by atoms with E-state index in [0.29, 0.717) is 6.04 Å². The summed E-state index contributed by atoms with van der Waals surface area (Å²) >= 11 is 0. The van der Waals surface area contributed by atoms with Gasteiger partial charge in [-0.1, -0.05) is 13.0 Å². The van der Waals surface area contributed by atoms with Crippen molar-refractivity contribution in [2.75, 3.05) is 32.0 Å². The highest BCUT2D eigenvalue weighted by Gasteiger charge is 2.28. The van der Waals surface area contributed by atoms with Crippen molar-refractivity contribution < 1.29 is 4.79 Å². The first kappa shape index (κ1) is 16.5. The fourth-order valence-corrected chi connectivity index (χ4v) is 3.11. The minimum absolute atomic E-state index is 0.108. The minimum Gasteiger partial charge on any atom is -0.353 e. The molecular weight excluding hydrogens is 302 g/mol. The number of hydrogen-bond donors (Lipinski definition) is 1. The molecular formula is C18H25N5O. The molecule has 3 rings (SSSR count). The number of hydrogen-bond acceptors (Lipinski definition) is 4. The SMILES string of the molecule is CCN(C)C1CCN(C(=O)c2cccc(Nc3cnn(C)c3)c2)C1. The van der Waals surface area contributed by atoms with Gasteiger partial charge in [0.05, 0.1) is 11.9 Å². The van der Waals surface area contributed by atoms with Crippen LogP contribution in [-0.4, -0.2) is 58.2 Å². The summed E-state index contributed by atoms with van der Waals surface area (Å²) in [5.74, 6) is 0.108. The second-order valence-corrected chi connectivity index (χ2v) is 6.38. The number of anilines is 2. The van der Waals surface area contributed by atoms with Crippen molar-refractivity contribution in [3.05, 3.63) is 42.2 Å². The number of benzene rings is 1. The van der Waals surface area contributed by atoms with E-state index in [-0.39, 0.29) is 5.91 Å². The summed E-state index contributed by atoms with van der Waals surface area (Å²) in [6.07, 6.45) is 4.71. The molecule has 2 heterocycles. The van der Waals surface area contributed by atoms with E-state index < -0.39 is 0 Å². The summed E-state index contributed by atoms with van der Waals surface area (Å²) in [5, 5.41) is 7.42. The quantitative estimate of drug-likeness (QED) is 0.916. The van der Waals surface area contributed by atoms with Gasteiger partial charge in [0.1, 0.15) is 0 Å². The minimum atomic E-state index is 0.108. The lowest BCUT2D eigenvalue weighted by Gasteiger charge is -2.23. The molecule has 2 aromatic rings. The van der Waals surface area contributed by atoms with E-state index in [9.17, 15) is 4.79 Å². The number of aryl methyl sites for hydroxylation is 1. The van der Waals surface area contributed by atoms with Crippen LogP contribution in [0.1, 0.15) is 23.7 Å². The molecule has 1 aromatic carbocycles. The van der Waals surface area contributed by atoms with Crippen molar-refractivity contribution in [3.8, 4) is 0 Å². The van der Waals surface area contributed by atoms with Crippen LogP contribution in [0.15, 0.2) is 36.7 Å². The van der Waals surface area contributed by atoms with Crippen molar-refractivity contribution in [2.45, 2.75) is 19.4 Å². The molecule has 1 aliphatic rings. The Balaban J connectivity index is 1.68. The number of nitrogens with zero attached hydrogens (tertiary/aromatic N) is 4. The van der Waals surface area contributed by atoms with Gasteiger partial charge in [-0.05, 0) is 38.2 Å². The highest BCUT2D eigenvalue weighted by Crippen LogP contribution is 2.21. The normalized spacial score (nSPS) is 17.5. The van der Waals surface area contributed by atoms with E-state index in [2.05, 4.69) is 29.3 Å². The average molecular weight is 327 g/mol. The molecule has 0 radical (unpaired) electrons. The Kier molecular flexibility index (Phi) is 4.85. The summed E-state index contributed by atoms with van der Waals surface area (Å²) in [5.41, 5.74) is 2.53. The molecule has 0 saturated carbocycles. The number of aromatic nitrogens is 2. The number of carbonyl (C=O) groups is 1. The van der Waals surface area contributed by atoms with E-state index >= 15 is 0 Å². The molecule has 128 valence electrons. The Hall–Kier alpha value is -2.34. The monoisotopic (exact) mass is 327 g/mol. The summed E-state index contributed by atoms with van der Waals surface area (Å²) in [4.78, 5) is 17.0. The molecule has 6 nitrogen and oxygen atoms in total. The van der Waals surface area contributed by atoms with Crippen LogP contribution in [0.4, 0.5) is 11.4 Å². The molecule has 0 bridgehead atoms. The number of nitrogens with one attached hydrogen (secondary N) is 1. The Morgan fingerprint density at radius 3 is 2.96 bits per heavy atom. The van der Waals surface area contributed by atoms with E-state index in [1.54, 1.807) is 10.9 Å². The number of likely N-dealkylation sites (tertiary alicyclic amines) is 1. The maximum Gasteiger partial charge on any atom is 0.253 e. The first-order valence-electron chi connectivity index (χ1n) is 8.42. The molecule has 1 amide bonds. The van der Waals surface area contributed by atoms with Gasteiger partial charge in [0.2, 0.25) is 0 Å². The number of carbonyl (C=O) groups excluding carboxylic acids is 1. The first-order chi connectivity index (χ1) is 11.6. The fraction of sp³-hybridized carbons (Fsp3) is 0.444. The second-order valence-electron chi connectivity index (χ2n) is 6.38. The molecule has 24 heavy (non-hydrogen) atoms. The third kappa shape index (κ3) is 3.59. The van der Waals surface area contributed by atoms with Crippen LogP contribution in [0.3, 0.4) is 0 Å². The third-order valence-corrected chi connectivity index (χ3v) is 4.68. The maximum absolute atomic E-state index is 12.8. The fourth-order valence-electron chi connectivity index (χ4n) is 3.11. The third-order valence-electron chi connectivity index (χ3n) is 4.68. The molecule has 1 atom stereocenters. The topological polar surface area (TPSA) is 53.4 Å². The Morgan fingerprint density at radius 1 is 1.42 bits per heavy atom. The number of rotatable bonds is 5. The highest BCUT2D eigenvalue weighted by molar-refractivity contribution is 5.95. The smallest absolute Gasteiger partial charge is 0.253 e. The van der Waals surface area contributed by atoms with Crippen LogP contribution < -0.4 is 5.32 Å². The van der Waals surface area contributed by atoms with Gasteiger partial charge in [-0.2, -0.15) is 5.10 Å². The zero-order chi connectivity index (χ0) is 17.1. The van der Waals surface area contributed by atoms with Crippen molar-refractivity contribution in [3.63, 3.8) is 0 Å². The molecule has 0 aliphatic carbocycles. The molecule has 1 fully saturated rings. The predicted molar refractivity (Wildman–Crippen MR) is 95.5 cm³/mol. The maximum atomic E-state index is 12.8. The number of amides is 1. The Bertz CT molecular complexity index is 711. The van der Waals surface area contributed by atoms with Gasteiger partial charge < -0.3 is 15.1 Å². The van der Waals surface area contributed by atoms with Gasteiger partial charge in [-0.3, -0.25) is 9.48 Å². The molecule has 1 N–H and O–H groups in total. The lowest BCUT2D eigenvalue weighted by molar-refractivity contribution is 0.0781. The van der Waals surface area contributed by atoms with Crippen LogP contribution in [0.2, 0.25) is 0 Å². The summed E-state index contributed by atoms with van der Waals surface area (Å²) in [6, 6.07) is 8.13. The van der Waals surface area contributed by atoms with E-state index in [1.807, 2.05) is 42.4 Å². The van der Waals surface area contributed by atoms with E-state index in [4.69, 9.17) is 0 Å². The van der Waals surface area contributed by atoms with E-state index in [1.165, 1.54) is 0 Å². The van der Waals surface area contributed by atoms with Crippen LogP contribution in [0.25, 0.3) is 0 Å². The molecule has 1 aliphatic heterocycles. The zero-order valence-corrected chi connectivity index (χ0v) is 14.6. The summed E-state index contributed by atoms with van der Waals surface area (Å²) in [6.45, 7) is 4.80.